The van der Waals surface area contributed by atoms with E-state index in [2.05, 4.69) is 0 Å². The van der Waals surface area contributed by atoms with Gasteiger partial charge in [-0.3, -0.25) is 4.79 Å². The van der Waals surface area contributed by atoms with Crippen molar-refractivity contribution in [2.24, 2.45) is 11.8 Å². The van der Waals surface area contributed by atoms with E-state index in [1.807, 2.05) is 6.92 Å². The summed E-state index contributed by atoms with van der Waals surface area (Å²) in [6.07, 6.45) is -1.14. The molecule has 0 amide bonds. The molecule has 2 atom stereocenters. The molecular formula is C18H25ClO6S. The van der Waals surface area contributed by atoms with E-state index in [1.165, 1.54) is 19.1 Å². The van der Waals surface area contributed by atoms with Gasteiger partial charge >= 0.3 is 0 Å². The number of rotatable bonds is 6. The van der Waals surface area contributed by atoms with Crippen LogP contribution in [0.15, 0.2) is 17.0 Å². The van der Waals surface area contributed by atoms with Gasteiger partial charge in [0.1, 0.15) is 4.90 Å². The fraction of sp³-hybridized carbons (Fsp3) is 0.611. The topological polar surface area (TPSA) is 101 Å². The average Bonchev–Trinajstić information content (AvgIpc) is 2.55. The standard InChI is InChI=1S/C18H25ClO6S/c1-4-25-18-14(26(23,24)5-2)7-6-11(16(18)19)17(22)15-12(20)8-10(3)9-13(15)21/h6-7,10,12-13,15,20-21H,4-5,8-9H2,1-3H3. The quantitative estimate of drug-likeness (QED) is 0.706. The minimum atomic E-state index is -3.59. The molecule has 2 N–H and O–H groups in total. The lowest BCUT2D eigenvalue weighted by Gasteiger charge is -2.35. The first-order valence-corrected chi connectivity index (χ1v) is 10.7. The minimum Gasteiger partial charge on any atom is -0.491 e. The van der Waals surface area contributed by atoms with Crippen LogP contribution < -0.4 is 4.74 Å². The lowest BCUT2D eigenvalue weighted by Crippen LogP contribution is -2.44. The molecule has 1 aromatic carbocycles. The second kappa shape index (κ2) is 8.25. The second-order valence-electron chi connectivity index (χ2n) is 6.69. The molecule has 1 aliphatic carbocycles. The second-order valence-corrected chi connectivity index (χ2v) is 9.32. The van der Waals surface area contributed by atoms with Gasteiger partial charge in [-0.05, 0) is 37.8 Å². The molecule has 0 radical (unpaired) electrons. The van der Waals surface area contributed by atoms with Crippen LogP contribution in [-0.2, 0) is 9.84 Å². The van der Waals surface area contributed by atoms with Crippen molar-refractivity contribution in [2.45, 2.75) is 50.7 Å². The maximum absolute atomic E-state index is 12.9. The van der Waals surface area contributed by atoms with Gasteiger partial charge in [0.25, 0.3) is 0 Å². The number of aliphatic hydroxyl groups excluding tert-OH is 2. The number of hydrogen-bond acceptors (Lipinski definition) is 6. The van der Waals surface area contributed by atoms with Gasteiger partial charge in [-0.1, -0.05) is 25.4 Å². The Labute approximate surface area is 159 Å². The zero-order valence-corrected chi connectivity index (χ0v) is 16.7. The Balaban J connectivity index is 2.50. The van der Waals surface area contributed by atoms with Crippen molar-refractivity contribution in [1.29, 1.82) is 0 Å². The fourth-order valence-electron chi connectivity index (χ4n) is 3.41. The molecule has 1 fully saturated rings. The van der Waals surface area contributed by atoms with Gasteiger partial charge in [0.2, 0.25) is 0 Å². The summed E-state index contributed by atoms with van der Waals surface area (Å²) < 4.78 is 30.0. The van der Waals surface area contributed by atoms with Gasteiger partial charge in [-0.2, -0.15) is 0 Å². The summed E-state index contributed by atoms with van der Waals surface area (Å²) in [6.45, 7) is 5.27. The predicted octanol–water partition coefficient (Wildman–Crippen LogP) is 2.48. The lowest BCUT2D eigenvalue weighted by atomic mass is 9.75. The zero-order valence-electron chi connectivity index (χ0n) is 15.1. The summed E-state index contributed by atoms with van der Waals surface area (Å²) in [5.41, 5.74) is 0.0443. The molecule has 0 aliphatic heterocycles. The van der Waals surface area contributed by atoms with E-state index in [-0.39, 0.29) is 39.5 Å². The van der Waals surface area contributed by atoms with Crippen molar-refractivity contribution in [3.8, 4) is 5.75 Å². The molecule has 146 valence electrons. The van der Waals surface area contributed by atoms with Crippen molar-refractivity contribution in [3.63, 3.8) is 0 Å². The highest BCUT2D eigenvalue weighted by atomic mass is 35.5. The van der Waals surface area contributed by atoms with Crippen molar-refractivity contribution in [2.75, 3.05) is 12.4 Å². The molecule has 1 saturated carbocycles. The fourth-order valence-corrected chi connectivity index (χ4v) is 4.81. The number of carbonyl (C=O) groups excluding carboxylic acids is 1. The molecule has 26 heavy (non-hydrogen) atoms. The molecule has 8 heteroatoms. The van der Waals surface area contributed by atoms with Crippen LogP contribution in [-0.4, -0.2) is 49.0 Å². The van der Waals surface area contributed by atoms with E-state index >= 15 is 0 Å². The van der Waals surface area contributed by atoms with E-state index in [9.17, 15) is 23.4 Å². The number of ketones is 1. The third-order valence-corrected chi connectivity index (χ3v) is 6.88. The largest absolute Gasteiger partial charge is 0.491 e. The van der Waals surface area contributed by atoms with Gasteiger partial charge in [-0.15, -0.1) is 0 Å². The van der Waals surface area contributed by atoms with Crippen LogP contribution in [0.4, 0.5) is 0 Å². The van der Waals surface area contributed by atoms with Gasteiger partial charge in [0.05, 0.1) is 35.5 Å². The number of halogens is 1. The van der Waals surface area contributed by atoms with E-state index in [0.29, 0.717) is 12.8 Å². The average molecular weight is 405 g/mol. The van der Waals surface area contributed by atoms with E-state index < -0.39 is 33.7 Å². The summed E-state index contributed by atoms with van der Waals surface area (Å²) in [5, 5.41) is 20.4. The number of ether oxygens (including phenoxy) is 1. The third-order valence-electron chi connectivity index (χ3n) is 4.75. The number of Topliss-reactive ketones (excluding diaryl/α,β-unsaturated/α-hetero) is 1. The summed E-state index contributed by atoms with van der Waals surface area (Å²) in [5.74, 6) is -1.59. The Kier molecular flexibility index (Phi) is 6.71. The molecule has 0 saturated heterocycles. The molecule has 1 aliphatic rings. The Morgan fingerprint density at radius 3 is 2.31 bits per heavy atom. The molecule has 1 aromatic rings. The zero-order chi connectivity index (χ0) is 19.6. The van der Waals surface area contributed by atoms with Crippen LogP contribution in [0.5, 0.6) is 5.75 Å². The first-order chi connectivity index (χ1) is 12.1. The molecule has 2 rings (SSSR count). The smallest absolute Gasteiger partial charge is 0.181 e. The van der Waals surface area contributed by atoms with Gasteiger partial charge in [0, 0.05) is 5.56 Å². The van der Waals surface area contributed by atoms with Crippen LogP contribution in [0.3, 0.4) is 0 Å². The Morgan fingerprint density at radius 2 is 1.81 bits per heavy atom. The molecule has 2 unspecified atom stereocenters. The first-order valence-electron chi connectivity index (χ1n) is 8.72. The van der Waals surface area contributed by atoms with Gasteiger partial charge in [0.15, 0.2) is 21.4 Å². The number of hydrogen-bond donors (Lipinski definition) is 2. The maximum atomic E-state index is 12.9. The highest BCUT2D eigenvalue weighted by Gasteiger charge is 2.40. The van der Waals surface area contributed by atoms with Gasteiger partial charge < -0.3 is 14.9 Å². The summed E-state index contributed by atoms with van der Waals surface area (Å²) in [4.78, 5) is 12.9. The molecular weight excluding hydrogens is 380 g/mol. The van der Waals surface area contributed by atoms with Crippen LogP contribution >= 0.6 is 11.6 Å². The Morgan fingerprint density at radius 1 is 1.23 bits per heavy atom. The highest BCUT2D eigenvalue weighted by molar-refractivity contribution is 7.91. The lowest BCUT2D eigenvalue weighted by molar-refractivity contribution is -0.0289. The molecule has 0 heterocycles. The van der Waals surface area contributed by atoms with Crippen molar-refractivity contribution in [1.82, 2.24) is 0 Å². The van der Waals surface area contributed by atoms with Crippen molar-refractivity contribution >= 4 is 27.2 Å². The number of sulfone groups is 1. The van der Waals surface area contributed by atoms with Crippen LogP contribution in [0, 0.1) is 11.8 Å². The number of benzene rings is 1. The van der Waals surface area contributed by atoms with E-state index in [4.69, 9.17) is 16.3 Å². The summed E-state index contributed by atoms with van der Waals surface area (Å²) in [6, 6.07) is 2.63. The first kappa shape index (κ1) is 21.2. The summed E-state index contributed by atoms with van der Waals surface area (Å²) in [7, 11) is -3.59. The highest BCUT2D eigenvalue weighted by Crippen LogP contribution is 2.39. The Hall–Kier alpha value is -1.15. The number of carbonyl (C=O) groups is 1. The number of aliphatic hydroxyl groups is 2. The molecule has 0 spiro atoms. The third kappa shape index (κ3) is 4.06. The minimum absolute atomic E-state index is 0.0443. The van der Waals surface area contributed by atoms with Crippen molar-refractivity contribution in [3.05, 3.63) is 22.7 Å². The molecule has 0 aromatic heterocycles. The van der Waals surface area contributed by atoms with E-state index in [0.717, 1.165) is 0 Å². The molecule has 0 bridgehead atoms. The normalized spacial score (nSPS) is 26.5. The van der Waals surface area contributed by atoms with Crippen molar-refractivity contribution < 1.29 is 28.2 Å². The monoisotopic (exact) mass is 404 g/mol. The predicted molar refractivity (Wildman–Crippen MR) is 98.6 cm³/mol. The molecule has 6 nitrogen and oxygen atoms in total. The van der Waals surface area contributed by atoms with Crippen LogP contribution in [0.2, 0.25) is 5.02 Å². The van der Waals surface area contributed by atoms with Gasteiger partial charge in [-0.25, -0.2) is 8.42 Å². The van der Waals surface area contributed by atoms with Crippen LogP contribution in [0.1, 0.15) is 44.0 Å². The summed E-state index contributed by atoms with van der Waals surface area (Å²) >= 11 is 6.32. The SMILES string of the molecule is CCOc1c(S(=O)(=O)CC)ccc(C(=O)C2C(O)CC(C)CC2O)c1Cl. The Bertz CT molecular complexity index is 764. The van der Waals surface area contributed by atoms with E-state index in [1.54, 1.807) is 6.92 Å². The maximum Gasteiger partial charge on any atom is 0.181 e. The van der Waals surface area contributed by atoms with Crippen LogP contribution in [0.25, 0.3) is 0 Å².